The van der Waals surface area contributed by atoms with Crippen LogP contribution in [-0.2, 0) is 4.79 Å². The van der Waals surface area contributed by atoms with Gasteiger partial charge in [-0.05, 0) is 74.6 Å². The summed E-state index contributed by atoms with van der Waals surface area (Å²) in [6.45, 7) is 1.95. The molecule has 31 heavy (non-hydrogen) atoms. The number of carbonyl (C=O) groups is 1. The topological polar surface area (TPSA) is 69.4 Å². The molecule has 5 heteroatoms. The second-order valence-corrected chi connectivity index (χ2v) is 7.46. The highest BCUT2D eigenvalue weighted by molar-refractivity contribution is 6.24. The van der Waals surface area contributed by atoms with Gasteiger partial charge < -0.3 is 4.74 Å². The van der Waals surface area contributed by atoms with E-state index >= 15 is 0 Å². The Morgan fingerprint density at radius 3 is 2.29 bits per heavy atom. The molecule has 0 amide bonds. The molecule has 0 aliphatic carbocycles. The van der Waals surface area contributed by atoms with Crippen LogP contribution in [-0.4, -0.2) is 10.9 Å². The van der Waals surface area contributed by atoms with E-state index in [1.165, 1.54) is 39.8 Å². The average molecular weight is 407 g/mol. The van der Waals surface area contributed by atoms with E-state index in [9.17, 15) is 14.9 Å². The van der Waals surface area contributed by atoms with Crippen LogP contribution >= 0.6 is 0 Å². The van der Waals surface area contributed by atoms with E-state index in [1.807, 2.05) is 19.1 Å². The van der Waals surface area contributed by atoms with Crippen molar-refractivity contribution in [1.29, 1.82) is 0 Å². The van der Waals surface area contributed by atoms with Crippen molar-refractivity contribution in [1.82, 2.24) is 0 Å². The zero-order chi connectivity index (χ0) is 21.5. The van der Waals surface area contributed by atoms with Crippen molar-refractivity contribution >= 4 is 50.1 Å². The summed E-state index contributed by atoms with van der Waals surface area (Å²) in [6.07, 6.45) is 2.90. The first kappa shape index (κ1) is 18.8. The minimum Gasteiger partial charge on any atom is -0.423 e. The van der Waals surface area contributed by atoms with Crippen LogP contribution in [0.15, 0.2) is 78.9 Å². The van der Waals surface area contributed by atoms with E-state index in [4.69, 9.17) is 4.74 Å². The summed E-state index contributed by atoms with van der Waals surface area (Å²) >= 11 is 0. The van der Waals surface area contributed by atoms with Crippen molar-refractivity contribution in [2.75, 3.05) is 0 Å². The van der Waals surface area contributed by atoms with Crippen LogP contribution in [0.5, 0.6) is 5.75 Å². The highest BCUT2D eigenvalue weighted by Gasteiger charge is 2.14. The number of nitrogens with zero attached hydrogens (tertiary/aromatic N) is 1. The lowest BCUT2D eigenvalue weighted by molar-refractivity contribution is -0.384. The molecule has 0 heterocycles. The number of nitro benzene ring substituents is 1. The van der Waals surface area contributed by atoms with E-state index in [-0.39, 0.29) is 5.69 Å². The molecule has 5 rings (SSSR count). The lowest BCUT2D eigenvalue weighted by Crippen LogP contribution is -2.05. The molecule has 0 radical (unpaired) electrons. The fourth-order valence-corrected chi connectivity index (χ4v) is 4.04. The highest BCUT2D eigenvalue weighted by Crippen LogP contribution is 2.39. The van der Waals surface area contributed by atoms with Gasteiger partial charge in [-0.25, -0.2) is 4.79 Å². The monoisotopic (exact) mass is 407 g/mol. The number of hydrogen-bond donors (Lipinski definition) is 0. The first-order valence-corrected chi connectivity index (χ1v) is 9.83. The van der Waals surface area contributed by atoms with Crippen LogP contribution in [0, 0.1) is 17.0 Å². The molecule has 5 nitrogen and oxygen atoms in total. The zero-order valence-electron chi connectivity index (χ0n) is 16.7. The van der Waals surface area contributed by atoms with Gasteiger partial charge in [0.05, 0.1) is 4.92 Å². The maximum absolute atomic E-state index is 12.4. The molecule has 0 bridgehead atoms. The van der Waals surface area contributed by atoms with Crippen molar-refractivity contribution in [2.45, 2.75) is 6.92 Å². The Balaban J connectivity index is 1.48. The zero-order valence-corrected chi connectivity index (χ0v) is 16.7. The summed E-state index contributed by atoms with van der Waals surface area (Å²) in [5, 5.41) is 17.6. The highest BCUT2D eigenvalue weighted by atomic mass is 16.6. The van der Waals surface area contributed by atoms with Crippen LogP contribution in [0.25, 0.3) is 38.4 Å². The first-order chi connectivity index (χ1) is 15.0. The largest absolute Gasteiger partial charge is 0.423 e. The second-order valence-electron chi connectivity index (χ2n) is 7.46. The Labute approximate surface area is 177 Å². The standard InChI is InChI=1S/C26H17NO4/c1-16-22-13-10-19-4-2-3-18-8-9-20(26(22)25(18)19)15-23(16)31-24(28)14-7-17-5-11-21(12-6-17)27(29)30/h2-15H,1H3. The van der Waals surface area contributed by atoms with Gasteiger partial charge in [-0.3, -0.25) is 10.1 Å². The molecular weight excluding hydrogens is 390 g/mol. The summed E-state index contributed by atoms with van der Waals surface area (Å²) in [5.41, 5.74) is 1.59. The van der Waals surface area contributed by atoms with Crippen LogP contribution in [0.4, 0.5) is 5.69 Å². The van der Waals surface area contributed by atoms with Crippen LogP contribution < -0.4 is 4.74 Å². The number of ether oxygens (including phenoxy) is 1. The number of hydrogen-bond acceptors (Lipinski definition) is 4. The Morgan fingerprint density at radius 2 is 1.58 bits per heavy atom. The fraction of sp³-hybridized carbons (Fsp3) is 0.0385. The van der Waals surface area contributed by atoms with Gasteiger partial charge >= 0.3 is 5.97 Å². The van der Waals surface area contributed by atoms with Crippen LogP contribution in [0.1, 0.15) is 11.1 Å². The minimum atomic E-state index is -0.505. The third-order valence-electron chi connectivity index (χ3n) is 5.60. The van der Waals surface area contributed by atoms with Gasteiger partial charge in [-0.1, -0.05) is 42.5 Å². The van der Waals surface area contributed by atoms with E-state index in [0.29, 0.717) is 11.3 Å². The number of non-ortho nitro benzene ring substituents is 1. The quantitative estimate of drug-likeness (QED) is 0.0861. The lowest BCUT2D eigenvalue weighted by atomic mass is 9.92. The van der Waals surface area contributed by atoms with Crippen molar-refractivity contribution in [3.8, 4) is 5.75 Å². The predicted molar refractivity (Wildman–Crippen MR) is 123 cm³/mol. The van der Waals surface area contributed by atoms with Gasteiger partial charge in [0.2, 0.25) is 0 Å². The molecule has 0 spiro atoms. The molecule has 5 aromatic rings. The first-order valence-electron chi connectivity index (χ1n) is 9.83. The Hall–Kier alpha value is -4.25. The maximum atomic E-state index is 12.4. The van der Waals surface area contributed by atoms with E-state index in [1.54, 1.807) is 18.2 Å². The lowest BCUT2D eigenvalue weighted by Gasteiger charge is -2.15. The molecule has 0 unspecified atom stereocenters. The fourth-order valence-electron chi connectivity index (χ4n) is 4.04. The molecule has 0 fully saturated rings. The van der Waals surface area contributed by atoms with Gasteiger partial charge in [-0.15, -0.1) is 0 Å². The summed E-state index contributed by atoms with van der Waals surface area (Å²) < 4.78 is 5.64. The van der Waals surface area contributed by atoms with E-state index < -0.39 is 10.9 Å². The number of nitro groups is 1. The molecular formula is C26H17NO4. The van der Waals surface area contributed by atoms with Gasteiger partial charge in [0.15, 0.2) is 0 Å². The Morgan fingerprint density at radius 1 is 0.903 bits per heavy atom. The number of rotatable bonds is 4. The van der Waals surface area contributed by atoms with Crippen molar-refractivity contribution < 1.29 is 14.5 Å². The molecule has 5 aromatic carbocycles. The SMILES string of the molecule is Cc1c(OC(=O)C=Cc2ccc([N+](=O)[O-])cc2)cc2ccc3cccc4ccc1c2c34. The molecule has 0 atom stereocenters. The van der Waals surface area contributed by atoms with Crippen molar-refractivity contribution in [3.05, 3.63) is 100 Å². The molecule has 150 valence electrons. The third kappa shape index (κ3) is 3.26. The Kier molecular flexibility index (Phi) is 4.37. The van der Waals surface area contributed by atoms with Gasteiger partial charge in [0, 0.05) is 18.2 Å². The predicted octanol–water partition coefficient (Wildman–Crippen LogP) is 6.42. The summed E-state index contributed by atoms with van der Waals surface area (Å²) in [5.74, 6) is 0.0125. The number of aryl methyl sites for hydroxylation is 1. The summed E-state index contributed by atoms with van der Waals surface area (Å²) in [6, 6.07) is 22.4. The number of benzene rings is 5. The maximum Gasteiger partial charge on any atom is 0.336 e. The molecule has 0 aliphatic rings. The average Bonchev–Trinajstić information content (AvgIpc) is 2.78. The molecule has 0 saturated carbocycles. The smallest absolute Gasteiger partial charge is 0.336 e. The third-order valence-corrected chi connectivity index (χ3v) is 5.60. The summed E-state index contributed by atoms with van der Waals surface area (Å²) in [4.78, 5) is 22.7. The van der Waals surface area contributed by atoms with Crippen LogP contribution in [0.2, 0.25) is 0 Å². The molecule has 0 aromatic heterocycles. The normalized spacial score (nSPS) is 11.6. The van der Waals surface area contributed by atoms with Gasteiger partial charge in [0.1, 0.15) is 5.75 Å². The minimum absolute atomic E-state index is 0.00391. The Bertz CT molecular complexity index is 1480. The van der Waals surface area contributed by atoms with Gasteiger partial charge in [-0.2, -0.15) is 0 Å². The van der Waals surface area contributed by atoms with E-state index in [2.05, 4.69) is 36.4 Å². The van der Waals surface area contributed by atoms with Gasteiger partial charge in [0.25, 0.3) is 5.69 Å². The summed E-state index contributed by atoms with van der Waals surface area (Å²) in [7, 11) is 0. The van der Waals surface area contributed by atoms with E-state index in [0.717, 1.165) is 16.3 Å². The molecule has 0 saturated heterocycles. The molecule has 0 aliphatic heterocycles. The second kappa shape index (κ2) is 7.22. The molecule has 0 N–H and O–H groups in total. The van der Waals surface area contributed by atoms with Crippen molar-refractivity contribution in [2.24, 2.45) is 0 Å². The van der Waals surface area contributed by atoms with Crippen LogP contribution in [0.3, 0.4) is 0 Å². The number of esters is 1. The van der Waals surface area contributed by atoms with Crippen molar-refractivity contribution in [3.63, 3.8) is 0 Å². The number of carbonyl (C=O) groups excluding carboxylic acids is 1.